The van der Waals surface area contributed by atoms with Crippen molar-refractivity contribution in [2.24, 2.45) is 5.73 Å². The Balaban J connectivity index is 2.40. The van der Waals surface area contributed by atoms with Crippen LogP contribution in [0.5, 0.6) is 0 Å². The summed E-state index contributed by atoms with van der Waals surface area (Å²) < 4.78 is 13.3. The van der Waals surface area contributed by atoms with E-state index < -0.39 is 11.7 Å². The Morgan fingerprint density at radius 2 is 1.80 bits per heavy atom. The molecule has 0 fully saturated rings. The smallest absolute Gasteiger partial charge is 0.250 e. The van der Waals surface area contributed by atoms with Crippen molar-refractivity contribution < 1.29 is 9.18 Å². The van der Waals surface area contributed by atoms with E-state index in [1.807, 2.05) is 0 Å². The van der Waals surface area contributed by atoms with Crippen molar-refractivity contribution in [3.8, 4) is 0 Å². The lowest BCUT2D eigenvalue weighted by Crippen LogP contribution is -2.14. The molecule has 2 rings (SSSR count). The molecule has 7 heteroatoms. The lowest BCUT2D eigenvalue weighted by atomic mass is 10.1. The first-order chi connectivity index (χ1) is 9.40. The zero-order chi connectivity index (χ0) is 14.9. The fourth-order valence-electron chi connectivity index (χ4n) is 1.67. The highest BCUT2D eigenvalue weighted by Crippen LogP contribution is 2.31. The van der Waals surface area contributed by atoms with Crippen LogP contribution in [0.3, 0.4) is 0 Å². The highest BCUT2D eigenvalue weighted by molar-refractivity contribution is 6.35. The van der Waals surface area contributed by atoms with Crippen LogP contribution in [0.4, 0.5) is 21.5 Å². The summed E-state index contributed by atoms with van der Waals surface area (Å²) in [6, 6.07) is 7.49. The van der Waals surface area contributed by atoms with Gasteiger partial charge in [0.15, 0.2) is 5.82 Å². The van der Waals surface area contributed by atoms with Gasteiger partial charge in [0.2, 0.25) is 0 Å². The third kappa shape index (κ3) is 2.79. The van der Waals surface area contributed by atoms with Crippen LogP contribution in [0, 0.1) is 5.82 Å². The molecule has 0 unspecified atom stereocenters. The molecule has 0 aromatic heterocycles. The summed E-state index contributed by atoms with van der Waals surface area (Å²) in [6.45, 7) is 0. The van der Waals surface area contributed by atoms with E-state index in [-0.39, 0.29) is 21.3 Å². The number of hydrogen-bond acceptors (Lipinski definition) is 3. The SMILES string of the molecule is NC(=O)c1cccc(Nc2cc(Cl)c(F)c(Cl)c2)c1N. The molecule has 2 aromatic rings. The van der Waals surface area contributed by atoms with E-state index in [0.717, 1.165) is 0 Å². The molecule has 4 nitrogen and oxygen atoms in total. The van der Waals surface area contributed by atoms with Crippen molar-refractivity contribution in [3.63, 3.8) is 0 Å². The Morgan fingerprint density at radius 1 is 1.20 bits per heavy atom. The zero-order valence-corrected chi connectivity index (χ0v) is 11.6. The number of rotatable bonds is 3. The summed E-state index contributed by atoms with van der Waals surface area (Å²) in [6.07, 6.45) is 0. The van der Waals surface area contributed by atoms with E-state index >= 15 is 0 Å². The largest absolute Gasteiger partial charge is 0.396 e. The third-order valence-electron chi connectivity index (χ3n) is 2.63. The van der Waals surface area contributed by atoms with Gasteiger partial charge in [-0.1, -0.05) is 29.3 Å². The van der Waals surface area contributed by atoms with Gasteiger partial charge >= 0.3 is 0 Å². The minimum atomic E-state index is -0.697. The summed E-state index contributed by atoms with van der Waals surface area (Å²) in [5.74, 6) is -1.33. The number of nitrogens with one attached hydrogen (secondary N) is 1. The number of carbonyl (C=O) groups is 1. The van der Waals surface area contributed by atoms with Crippen LogP contribution in [0.1, 0.15) is 10.4 Å². The number of anilines is 3. The lowest BCUT2D eigenvalue weighted by Gasteiger charge is -2.12. The molecule has 0 bridgehead atoms. The zero-order valence-electron chi connectivity index (χ0n) is 10.1. The van der Waals surface area contributed by atoms with Gasteiger partial charge in [-0.3, -0.25) is 4.79 Å². The van der Waals surface area contributed by atoms with Gasteiger partial charge in [0.05, 0.1) is 27.0 Å². The highest BCUT2D eigenvalue weighted by Gasteiger charge is 2.11. The maximum Gasteiger partial charge on any atom is 0.250 e. The molecule has 0 aliphatic rings. The van der Waals surface area contributed by atoms with Crippen molar-refractivity contribution in [2.45, 2.75) is 0 Å². The minimum Gasteiger partial charge on any atom is -0.396 e. The average Bonchev–Trinajstić information content (AvgIpc) is 2.38. The van der Waals surface area contributed by atoms with Gasteiger partial charge in [0.1, 0.15) is 0 Å². The monoisotopic (exact) mass is 313 g/mol. The summed E-state index contributed by atoms with van der Waals surface area (Å²) in [4.78, 5) is 11.2. The van der Waals surface area contributed by atoms with E-state index in [1.165, 1.54) is 18.2 Å². The van der Waals surface area contributed by atoms with E-state index in [0.29, 0.717) is 11.4 Å². The molecule has 0 radical (unpaired) electrons. The number of hydrogen-bond donors (Lipinski definition) is 3. The molecular formula is C13H10Cl2FN3O. The molecule has 0 saturated heterocycles. The first-order valence-electron chi connectivity index (χ1n) is 5.50. The Bertz CT molecular complexity index is 668. The summed E-state index contributed by atoms with van der Waals surface area (Å²) in [5, 5.41) is 2.67. The van der Waals surface area contributed by atoms with E-state index in [4.69, 9.17) is 34.7 Å². The maximum absolute atomic E-state index is 13.3. The van der Waals surface area contributed by atoms with Crippen LogP contribution >= 0.6 is 23.2 Å². The van der Waals surface area contributed by atoms with Crippen LogP contribution < -0.4 is 16.8 Å². The predicted molar refractivity (Wildman–Crippen MR) is 79.1 cm³/mol. The second-order valence-corrected chi connectivity index (χ2v) is 4.82. The number of benzene rings is 2. The fourth-order valence-corrected chi connectivity index (χ4v) is 2.16. The molecule has 0 aliphatic carbocycles. The van der Waals surface area contributed by atoms with Crippen LogP contribution in [0.2, 0.25) is 10.0 Å². The molecule has 0 spiro atoms. The number of halogens is 3. The van der Waals surface area contributed by atoms with Gasteiger partial charge in [0.25, 0.3) is 5.91 Å². The molecule has 2 aromatic carbocycles. The normalized spacial score (nSPS) is 10.3. The predicted octanol–water partition coefficient (Wildman–Crippen LogP) is 3.56. The van der Waals surface area contributed by atoms with Crippen molar-refractivity contribution in [1.29, 1.82) is 0 Å². The molecule has 0 atom stereocenters. The molecule has 1 amide bonds. The van der Waals surface area contributed by atoms with E-state index in [1.54, 1.807) is 12.1 Å². The number of carbonyl (C=O) groups excluding carboxylic acids is 1. The number of para-hydroxylation sites is 1. The van der Waals surface area contributed by atoms with Crippen LogP contribution in [0.15, 0.2) is 30.3 Å². The van der Waals surface area contributed by atoms with Crippen LogP contribution in [0.25, 0.3) is 0 Å². The summed E-state index contributed by atoms with van der Waals surface area (Å²) >= 11 is 11.4. The van der Waals surface area contributed by atoms with Gasteiger partial charge < -0.3 is 16.8 Å². The molecule has 20 heavy (non-hydrogen) atoms. The molecule has 0 saturated carbocycles. The fraction of sp³-hybridized carbons (Fsp3) is 0. The number of primary amides is 1. The van der Waals surface area contributed by atoms with Gasteiger partial charge in [-0.05, 0) is 24.3 Å². The van der Waals surface area contributed by atoms with Gasteiger partial charge in [0, 0.05) is 5.69 Å². The summed E-state index contributed by atoms with van der Waals surface area (Å²) in [5.41, 5.74) is 12.3. The molecule has 0 heterocycles. The van der Waals surface area contributed by atoms with Gasteiger partial charge in [-0.25, -0.2) is 4.39 Å². The molecule has 104 valence electrons. The van der Waals surface area contributed by atoms with Crippen molar-refractivity contribution >= 4 is 46.2 Å². The molecular weight excluding hydrogens is 304 g/mol. The maximum atomic E-state index is 13.3. The minimum absolute atomic E-state index is 0.121. The Kier molecular flexibility index (Phi) is 4.01. The summed E-state index contributed by atoms with van der Waals surface area (Å²) in [7, 11) is 0. The number of amides is 1. The Hall–Kier alpha value is -1.98. The Labute approximate surface area is 124 Å². The highest BCUT2D eigenvalue weighted by atomic mass is 35.5. The Morgan fingerprint density at radius 3 is 2.35 bits per heavy atom. The average molecular weight is 314 g/mol. The first kappa shape index (κ1) is 14.4. The second kappa shape index (κ2) is 5.56. The number of nitrogens with two attached hydrogens (primary N) is 2. The quantitative estimate of drug-likeness (QED) is 0.598. The molecule has 0 aliphatic heterocycles. The molecule has 5 N–H and O–H groups in total. The topological polar surface area (TPSA) is 81.1 Å². The standard InChI is InChI=1S/C13H10Cl2FN3O/c14-8-4-6(5-9(15)11(8)16)19-10-3-1-2-7(12(10)17)13(18)20/h1-5,19H,17H2,(H2,18,20). The second-order valence-electron chi connectivity index (χ2n) is 4.01. The van der Waals surface area contributed by atoms with Gasteiger partial charge in [-0.2, -0.15) is 0 Å². The first-order valence-corrected chi connectivity index (χ1v) is 6.25. The van der Waals surface area contributed by atoms with Crippen molar-refractivity contribution in [2.75, 3.05) is 11.1 Å². The van der Waals surface area contributed by atoms with Crippen LogP contribution in [-0.4, -0.2) is 5.91 Å². The number of nitrogen functional groups attached to an aromatic ring is 1. The third-order valence-corrected chi connectivity index (χ3v) is 3.18. The van der Waals surface area contributed by atoms with E-state index in [2.05, 4.69) is 5.32 Å². The van der Waals surface area contributed by atoms with Crippen LogP contribution in [-0.2, 0) is 0 Å². The van der Waals surface area contributed by atoms with E-state index in [9.17, 15) is 9.18 Å². The van der Waals surface area contributed by atoms with Crippen molar-refractivity contribution in [1.82, 2.24) is 0 Å². The van der Waals surface area contributed by atoms with Crippen molar-refractivity contribution in [3.05, 3.63) is 51.8 Å². The van der Waals surface area contributed by atoms with Gasteiger partial charge in [-0.15, -0.1) is 0 Å². The lowest BCUT2D eigenvalue weighted by molar-refractivity contribution is 0.100.